The molecule has 0 bridgehead atoms. The summed E-state index contributed by atoms with van der Waals surface area (Å²) < 4.78 is 18.4. The molecule has 0 saturated carbocycles. The van der Waals surface area contributed by atoms with Crippen molar-refractivity contribution in [2.24, 2.45) is 7.05 Å². The molecule has 0 radical (unpaired) electrons. The number of nitrogens with zero attached hydrogens (tertiary/aromatic N) is 5. The molecule has 3 aromatic heterocycles. The Kier molecular flexibility index (Phi) is 4.04. The van der Waals surface area contributed by atoms with Crippen LogP contribution in [-0.2, 0) is 13.6 Å². The Balaban J connectivity index is 1.57. The number of rotatable bonds is 5. The molecule has 8 nitrogen and oxygen atoms in total. The first-order chi connectivity index (χ1) is 12.2. The van der Waals surface area contributed by atoms with Crippen molar-refractivity contribution in [2.45, 2.75) is 32.4 Å². The number of furan rings is 1. The lowest BCUT2D eigenvalue weighted by Gasteiger charge is -2.23. The minimum absolute atomic E-state index is 0.239. The first kappa shape index (κ1) is 15.9. The Morgan fingerprint density at radius 1 is 1.36 bits per heavy atom. The van der Waals surface area contributed by atoms with Crippen molar-refractivity contribution in [3.05, 3.63) is 35.5 Å². The highest BCUT2D eigenvalue weighted by Crippen LogP contribution is 2.39. The molecule has 8 heteroatoms. The number of aryl methyl sites for hydroxylation is 2. The lowest BCUT2D eigenvalue weighted by molar-refractivity contribution is 0.218. The standard InChI is InChI=1S/C17H21N5O3/c1-11-15(17(23-3)21(2)20-11)12-6-4-8-22(12)10-14-18-19-16(25-14)13-7-5-9-24-13/h5,7,9,12H,4,6,8,10H2,1-3H3/t12-/m0/s1. The van der Waals surface area contributed by atoms with Gasteiger partial charge in [0.25, 0.3) is 5.89 Å². The van der Waals surface area contributed by atoms with Crippen molar-refractivity contribution in [1.29, 1.82) is 0 Å². The van der Waals surface area contributed by atoms with Gasteiger partial charge in [-0.2, -0.15) is 5.10 Å². The quantitative estimate of drug-likeness (QED) is 0.704. The topological polar surface area (TPSA) is 82.3 Å². The molecule has 1 saturated heterocycles. The van der Waals surface area contributed by atoms with Crippen LogP contribution in [0.15, 0.2) is 27.2 Å². The maximum Gasteiger partial charge on any atom is 0.283 e. The molecule has 0 unspecified atom stereocenters. The first-order valence-electron chi connectivity index (χ1n) is 8.35. The van der Waals surface area contributed by atoms with Crippen LogP contribution in [0.2, 0.25) is 0 Å². The Labute approximate surface area is 145 Å². The highest BCUT2D eigenvalue weighted by molar-refractivity contribution is 5.42. The Morgan fingerprint density at radius 2 is 2.24 bits per heavy atom. The van der Waals surface area contributed by atoms with Gasteiger partial charge < -0.3 is 13.6 Å². The number of aromatic nitrogens is 4. The number of methoxy groups -OCH3 is 1. The zero-order valence-electron chi connectivity index (χ0n) is 14.6. The molecular weight excluding hydrogens is 322 g/mol. The highest BCUT2D eigenvalue weighted by Gasteiger charge is 2.33. The van der Waals surface area contributed by atoms with Crippen molar-refractivity contribution in [3.8, 4) is 17.5 Å². The smallest absolute Gasteiger partial charge is 0.283 e. The van der Waals surface area contributed by atoms with Crippen LogP contribution < -0.4 is 4.74 Å². The summed E-state index contributed by atoms with van der Waals surface area (Å²) in [6.07, 6.45) is 3.76. The third kappa shape index (κ3) is 2.82. The van der Waals surface area contributed by atoms with Gasteiger partial charge in [-0.05, 0) is 38.4 Å². The maximum atomic E-state index is 5.76. The Bertz CT molecular complexity index is 852. The van der Waals surface area contributed by atoms with Gasteiger partial charge in [0.05, 0.1) is 31.2 Å². The zero-order valence-corrected chi connectivity index (χ0v) is 14.6. The minimum Gasteiger partial charge on any atom is -0.481 e. The minimum atomic E-state index is 0.239. The van der Waals surface area contributed by atoms with Crippen LogP contribution in [0.3, 0.4) is 0 Å². The second kappa shape index (κ2) is 6.36. The molecule has 0 spiro atoms. The van der Waals surface area contributed by atoms with E-state index < -0.39 is 0 Å². The normalized spacial score (nSPS) is 18.1. The van der Waals surface area contributed by atoms with E-state index in [0.717, 1.165) is 36.5 Å². The number of hydrogen-bond donors (Lipinski definition) is 0. The summed E-state index contributed by atoms with van der Waals surface area (Å²) in [6, 6.07) is 3.84. The van der Waals surface area contributed by atoms with E-state index in [1.165, 1.54) is 0 Å². The van der Waals surface area contributed by atoms with Crippen molar-refractivity contribution in [2.75, 3.05) is 13.7 Å². The monoisotopic (exact) mass is 343 g/mol. The summed E-state index contributed by atoms with van der Waals surface area (Å²) in [4.78, 5) is 2.34. The van der Waals surface area contributed by atoms with Crippen LogP contribution in [0.4, 0.5) is 0 Å². The van der Waals surface area contributed by atoms with Gasteiger partial charge in [0, 0.05) is 13.1 Å². The van der Waals surface area contributed by atoms with Gasteiger partial charge in [-0.25, -0.2) is 4.68 Å². The van der Waals surface area contributed by atoms with Crippen LogP contribution >= 0.6 is 0 Å². The van der Waals surface area contributed by atoms with E-state index in [9.17, 15) is 0 Å². The third-order valence-corrected chi connectivity index (χ3v) is 4.64. The van der Waals surface area contributed by atoms with Gasteiger partial charge in [-0.15, -0.1) is 10.2 Å². The molecular formula is C17H21N5O3. The zero-order chi connectivity index (χ0) is 17.4. The second-order valence-corrected chi connectivity index (χ2v) is 6.24. The lowest BCUT2D eigenvalue weighted by Crippen LogP contribution is -2.23. The van der Waals surface area contributed by atoms with Crippen molar-refractivity contribution < 1.29 is 13.6 Å². The van der Waals surface area contributed by atoms with Gasteiger partial charge in [-0.1, -0.05) is 0 Å². The van der Waals surface area contributed by atoms with Crippen LogP contribution in [0.1, 0.15) is 36.0 Å². The van der Waals surface area contributed by atoms with Crippen LogP contribution in [0, 0.1) is 6.92 Å². The van der Waals surface area contributed by atoms with Gasteiger partial charge >= 0.3 is 0 Å². The van der Waals surface area contributed by atoms with E-state index in [4.69, 9.17) is 13.6 Å². The second-order valence-electron chi connectivity index (χ2n) is 6.24. The van der Waals surface area contributed by atoms with Crippen molar-refractivity contribution in [3.63, 3.8) is 0 Å². The molecule has 3 aromatic rings. The molecule has 0 N–H and O–H groups in total. The Morgan fingerprint density at radius 3 is 3.00 bits per heavy atom. The number of hydrogen-bond acceptors (Lipinski definition) is 7. The highest BCUT2D eigenvalue weighted by atomic mass is 16.5. The molecule has 1 atom stereocenters. The largest absolute Gasteiger partial charge is 0.481 e. The van der Waals surface area contributed by atoms with Crippen LogP contribution in [-0.4, -0.2) is 38.5 Å². The molecule has 1 aliphatic heterocycles. The molecule has 0 aliphatic carbocycles. The molecule has 1 fully saturated rings. The fourth-order valence-corrected chi connectivity index (χ4v) is 3.61. The average molecular weight is 343 g/mol. The summed E-state index contributed by atoms with van der Waals surface area (Å²) in [5.74, 6) is 2.39. The lowest BCUT2D eigenvalue weighted by atomic mass is 10.1. The molecule has 1 aliphatic rings. The number of likely N-dealkylation sites (tertiary alicyclic amines) is 1. The van der Waals surface area contributed by atoms with Gasteiger partial charge in [0.1, 0.15) is 0 Å². The van der Waals surface area contributed by atoms with Gasteiger partial charge in [0.2, 0.25) is 11.8 Å². The predicted octanol–water partition coefficient (Wildman–Crippen LogP) is 2.72. The molecule has 4 heterocycles. The van der Waals surface area contributed by atoms with Crippen LogP contribution in [0.25, 0.3) is 11.7 Å². The maximum absolute atomic E-state index is 5.76. The average Bonchev–Trinajstić information content (AvgIpc) is 3.35. The summed E-state index contributed by atoms with van der Waals surface area (Å²) in [5.41, 5.74) is 2.14. The van der Waals surface area contributed by atoms with Crippen molar-refractivity contribution >= 4 is 0 Å². The van der Waals surface area contributed by atoms with E-state index in [2.05, 4.69) is 20.2 Å². The third-order valence-electron chi connectivity index (χ3n) is 4.64. The van der Waals surface area contributed by atoms with E-state index in [0.29, 0.717) is 24.1 Å². The summed E-state index contributed by atoms with van der Waals surface area (Å²) in [5, 5.41) is 12.7. The van der Waals surface area contributed by atoms with Crippen molar-refractivity contribution in [1.82, 2.24) is 24.9 Å². The van der Waals surface area contributed by atoms with E-state index >= 15 is 0 Å². The molecule has 0 amide bonds. The van der Waals surface area contributed by atoms with Gasteiger partial charge in [0.15, 0.2) is 5.76 Å². The number of ether oxygens (including phenoxy) is 1. The Hall–Kier alpha value is -2.61. The fourth-order valence-electron chi connectivity index (χ4n) is 3.61. The first-order valence-corrected chi connectivity index (χ1v) is 8.35. The fraction of sp³-hybridized carbons (Fsp3) is 0.471. The van der Waals surface area contributed by atoms with E-state index in [1.54, 1.807) is 30.2 Å². The summed E-state index contributed by atoms with van der Waals surface area (Å²) in [7, 11) is 3.59. The molecule has 25 heavy (non-hydrogen) atoms. The predicted molar refractivity (Wildman–Crippen MR) is 88.9 cm³/mol. The van der Waals surface area contributed by atoms with Crippen LogP contribution in [0.5, 0.6) is 5.88 Å². The SMILES string of the molecule is COc1c([C@@H]2CCCN2Cc2nnc(-c3ccco3)o2)c(C)nn1C. The molecule has 0 aromatic carbocycles. The van der Waals surface area contributed by atoms with E-state index in [1.807, 2.05) is 14.0 Å². The summed E-state index contributed by atoms with van der Waals surface area (Å²) in [6.45, 7) is 3.59. The summed E-state index contributed by atoms with van der Waals surface area (Å²) >= 11 is 0. The molecule has 4 rings (SSSR count). The van der Waals surface area contributed by atoms with E-state index in [-0.39, 0.29) is 6.04 Å². The van der Waals surface area contributed by atoms with Gasteiger partial charge in [-0.3, -0.25) is 4.90 Å². The molecule has 132 valence electrons.